The van der Waals surface area contributed by atoms with Crippen molar-refractivity contribution in [2.45, 2.75) is 45.1 Å². The molecule has 1 aliphatic rings. The van der Waals surface area contributed by atoms with E-state index in [1.807, 2.05) is 13.0 Å². The topological polar surface area (TPSA) is 130 Å². The van der Waals surface area contributed by atoms with Gasteiger partial charge in [-0.15, -0.1) is 0 Å². The summed E-state index contributed by atoms with van der Waals surface area (Å²) in [5, 5.41) is 1.28. The predicted molar refractivity (Wildman–Crippen MR) is 95.1 cm³/mol. The Bertz CT molecular complexity index is 639. The summed E-state index contributed by atoms with van der Waals surface area (Å²) in [6, 6.07) is 3.64. The molecule has 8 heteroatoms. The molecule has 0 atom stereocenters. The van der Waals surface area contributed by atoms with E-state index in [4.69, 9.17) is 26.8 Å². The number of carbonyl (C=O) groups is 1. The second kappa shape index (κ2) is 8.57. The van der Waals surface area contributed by atoms with Gasteiger partial charge in [-0.05, 0) is 44.7 Å². The lowest BCUT2D eigenvalue weighted by atomic mass is 9.98. The number of aryl methyl sites for hydroxylation is 1. The summed E-state index contributed by atoms with van der Waals surface area (Å²) in [6.45, 7) is 1.75. The van der Waals surface area contributed by atoms with Crippen molar-refractivity contribution < 1.29 is 14.3 Å². The largest absolute Gasteiger partial charge is 0.489 e. The maximum absolute atomic E-state index is 10.8. The highest BCUT2D eigenvalue weighted by molar-refractivity contribution is 5.67. The molecule has 0 radical (unpaired) electrons. The fraction of sp³-hybridized carbons (Fsp3) is 0.529. The molecule has 138 valence electrons. The van der Waals surface area contributed by atoms with Crippen LogP contribution in [0.25, 0.3) is 5.70 Å². The number of rotatable bonds is 6. The SMILES string of the molecule is Cc1nc(/C(N)=C(\COC(N)=O)N(C)N)ccc1OC1CCCCC1. The molecule has 0 aromatic carbocycles. The first-order valence-electron chi connectivity index (χ1n) is 8.42. The molecular weight excluding hydrogens is 322 g/mol. The van der Waals surface area contributed by atoms with E-state index in [2.05, 4.69) is 4.98 Å². The number of ether oxygens (including phenoxy) is 2. The van der Waals surface area contributed by atoms with Crippen LogP contribution >= 0.6 is 0 Å². The van der Waals surface area contributed by atoms with Crippen LogP contribution in [0.15, 0.2) is 17.8 Å². The summed E-state index contributed by atoms with van der Waals surface area (Å²) < 4.78 is 10.9. The molecule has 0 unspecified atom stereocenters. The highest BCUT2D eigenvalue weighted by Gasteiger charge is 2.17. The number of nitrogens with zero attached hydrogens (tertiary/aromatic N) is 2. The number of pyridine rings is 1. The molecule has 0 aliphatic heterocycles. The van der Waals surface area contributed by atoms with E-state index in [0.717, 1.165) is 24.3 Å². The van der Waals surface area contributed by atoms with E-state index in [1.54, 1.807) is 13.1 Å². The maximum atomic E-state index is 10.8. The average molecular weight is 349 g/mol. The van der Waals surface area contributed by atoms with Crippen LogP contribution in [0.3, 0.4) is 0 Å². The first-order chi connectivity index (χ1) is 11.9. The van der Waals surface area contributed by atoms with Crippen molar-refractivity contribution in [1.29, 1.82) is 0 Å². The lowest BCUT2D eigenvalue weighted by Gasteiger charge is -2.24. The van der Waals surface area contributed by atoms with E-state index in [9.17, 15) is 4.79 Å². The summed E-state index contributed by atoms with van der Waals surface area (Å²) >= 11 is 0. The van der Waals surface area contributed by atoms with Crippen molar-refractivity contribution in [3.63, 3.8) is 0 Å². The molecule has 1 aromatic rings. The number of carbonyl (C=O) groups excluding carboxylic acids is 1. The van der Waals surface area contributed by atoms with Gasteiger partial charge in [-0.3, -0.25) is 0 Å². The van der Waals surface area contributed by atoms with Gasteiger partial charge in [-0.25, -0.2) is 15.6 Å². The van der Waals surface area contributed by atoms with Crippen LogP contribution in [-0.2, 0) is 4.74 Å². The van der Waals surface area contributed by atoms with Crippen LogP contribution in [-0.4, -0.2) is 35.8 Å². The normalized spacial score (nSPS) is 16.1. The Kier molecular flexibility index (Phi) is 6.46. The van der Waals surface area contributed by atoms with Crippen LogP contribution in [0.4, 0.5) is 4.79 Å². The Morgan fingerprint density at radius 3 is 2.52 bits per heavy atom. The number of hydrogen-bond acceptors (Lipinski definition) is 7. The third kappa shape index (κ3) is 5.25. The van der Waals surface area contributed by atoms with Gasteiger partial charge in [-0.2, -0.15) is 0 Å². The molecule has 1 aliphatic carbocycles. The number of aromatic nitrogens is 1. The lowest BCUT2D eigenvalue weighted by molar-refractivity contribution is 0.153. The molecule has 1 aromatic heterocycles. The van der Waals surface area contributed by atoms with Gasteiger partial charge < -0.3 is 25.9 Å². The smallest absolute Gasteiger partial charge is 0.404 e. The third-order valence-corrected chi connectivity index (χ3v) is 4.25. The monoisotopic (exact) mass is 349 g/mol. The number of primary amides is 1. The molecule has 2 rings (SSSR count). The average Bonchev–Trinajstić information content (AvgIpc) is 2.57. The van der Waals surface area contributed by atoms with Crippen LogP contribution in [0, 0.1) is 6.92 Å². The molecule has 0 bridgehead atoms. The van der Waals surface area contributed by atoms with Crippen LogP contribution in [0.5, 0.6) is 5.75 Å². The van der Waals surface area contributed by atoms with Crippen LogP contribution in [0.2, 0.25) is 0 Å². The molecule has 6 N–H and O–H groups in total. The Hall–Kier alpha value is -2.48. The zero-order valence-corrected chi connectivity index (χ0v) is 14.8. The second-order valence-corrected chi connectivity index (χ2v) is 6.24. The second-order valence-electron chi connectivity index (χ2n) is 6.24. The zero-order valence-electron chi connectivity index (χ0n) is 14.8. The Balaban J connectivity index is 2.18. The number of hydrogen-bond donors (Lipinski definition) is 3. The van der Waals surface area contributed by atoms with E-state index in [-0.39, 0.29) is 12.7 Å². The summed E-state index contributed by atoms with van der Waals surface area (Å²) in [4.78, 5) is 15.3. The molecule has 1 saturated carbocycles. The fourth-order valence-electron chi connectivity index (χ4n) is 2.84. The standard InChI is InChI=1S/C17H27N5O3/c1-11-15(25-12-6-4-3-5-7-12)9-8-13(21-11)16(18)14(22(2)20)10-24-17(19)23/h8-9,12H,3-7,10,18,20H2,1-2H3,(H2,19,23)/b16-14-. The zero-order chi connectivity index (χ0) is 18.4. The van der Waals surface area contributed by atoms with Crippen molar-refractivity contribution >= 4 is 11.8 Å². The number of nitrogens with two attached hydrogens (primary N) is 3. The Morgan fingerprint density at radius 2 is 1.96 bits per heavy atom. The Labute approximate surface area is 147 Å². The number of amides is 1. The quantitative estimate of drug-likeness (QED) is 0.525. The molecule has 1 amide bonds. The Morgan fingerprint density at radius 1 is 1.28 bits per heavy atom. The van der Waals surface area contributed by atoms with Gasteiger partial charge in [0.05, 0.1) is 28.9 Å². The molecule has 8 nitrogen and oxygen atoms in total. The molecule has 25 heavy (non-hydrogen) atoms. The van der Waals surface area contributed by atoms with Gasteiger partial charge in [0.15, 0.2) is 0 Å². The van der Waals surface area contributed by atoms with Gasteiger partial charge in [-0.1, -0.05) is 6.42 Å². The molecule has 0 saturated heterocycles. The minimum Gasteiger partial charge on any atom is -0.489 e. The fourth-order valence-corrected chi connectivity index (χ4v) is 2.84. The van der Waals surface area contributed by atoms with E-state index in [1.165, 1.54) is 24.3 Å². The third-order valence-electron chi connectivity index (χ3n) is 4.25. The van der Waals surface area contributed by atoms with Gasteiger partial charge in [0.25, 0.3) is 0 Å². The van der Waals surface area contributed by atoms with Crippen LogP contribution < -0.4 is 22.0 Å². The predicted octanol–water partition coefficient (Wildman–Crippen LogP) is 1.63. The van der Waals surface area contributed by atoms with Gasteiger partial charge in [0.1, 0.15) is 12.4 Å². The number of likely N-dealkylation sites (N-methyl/N-ethyl adjacent to an activating group) is 1. The lowest BCUT2D eigenvalue weighted by Crippen LogP contribution is -2.32. The number of hydrazine groups is 1. The van der Waals surface area contributed by atoms with E-state index >= 15 is 0 Å². The summed E-state index contributed by atoms with van der Waals surface area (Å²) in [5.74, 6) is 6.53. The molecule has 0 spiro atoms. The minimum atomic E-state index is -0.896. The van der Waals surface area contributed by atoms with Crippen molar-refractivity contribution in [1.82, 2.24) is 9.99 Å². The first kappa shape index (κ1) is 18.9. The van der Waals surface area contributed by atoms with Gasteiger partial charge >= 0.3 is 6.09 Å². The minimum absolute atomic E-state index is 0.130. The molecular formula is C17H27N5O3. The van der Waals surface area contributed by atoms with Crippen molar-refractivity contribution in [3.8, 4) is 5.75 Å². The van der Waals surface area contributed by atoms with Gasteiger partial charge in [0.2, 0.25) is 0 Å². The van der Waals surface area contributed by atoms with Crippen molar-refractivity contribution in [3.05, 3.63) is 29.2 Å². The highest BCUT2D eigenvalue weighted by atomic mass is 16.5. The van der Waals surface area contributed by atoms with Crippen LogP contribution in [0.1, 0.15) is 43.5 Å². The maximum Gasteiger partial charge on any atom is 0.404 e. The summed E-state index contributed by atoms with van der Waals surface area (Å²) in [5.41, 5.74) is 13.2. The van der Waals surface area contributed by atoms with Crippen molar-refractivity contribution in [2.75, 3.05) is 13.7 Å². The molecule has 1 fully saturated rings. The van der Waals surface area contributed by atoms with E-state index in [0.29, 0.717) is 17.1 Å². The van der Waals surface area contributed by atoms with Gasteiger partial charge in [0, 0.05) is 7.05 Å². The highest BCUT2D eigenvalue weighted by Crippen LogP contribution is 2.26. The first-order valence-corrected chi connectivity index (χ1v) is 8.42. The van der Waals surface area contributed by atoms with E-state index < -0.39 is 6.09 Å². The van der Waals surface area contributed by atoms with Crippen molar-refractivity contribution in [2.24, 2.45) is 17.3 Å². The summed E-state index contributed by atoms with van der Waals surface area (Å²) in [6.07, 6.45) is 5.20. The summed E-state index contributed by atoms with van der Waals surface area (Å²) in [7, 11) is 1.60. The molecule has 1 heterocycles.